The molecule has 0 unspecified atom stereocenters. The number of amides is 2. The van der Waals surface area contributed by atoms with Gasteiger partial charge in [-0.3, -0.25) is 13.9 Å². The minimum absolute atomic E-state index is 0.0523. The second-order valence-electron chi connectivity index (χ2n) is 10.6. The summed E-state index contributed by atoms with van der Waals surface area (Å²) in [7, 11) is -1.28. The molecule has 0 aliphatic carbocycles. The number of halogens is 4. The number of aromatic carboxylic acids is 1. The van der Waals surface area contributed by atoms with Crippen LogP contribution in [-0.4, -0.2) is 47.9 Å². The molecule has 1 aromatic heterocycles. The summed E-state index contributed by atoms with van der Waals surface area (Å²) < 4.78 is 83.2. The number of primary amides is 1. The highest BCUT2D eigenvalue weighted by atomic mass is 32.2. The lowest BCUT2D eigenvalue weighted by molar-refractivity contribution is -0.137. The van der Waals surface area contributed by atoms with Crippen molar-refractivity contribution in [3.8, 4) is 11.1 Å². The van der Waals surface area contributed by atoms with Crippen LogP contribution in [-0.2, 0) is 23.2 Å². The molecule has 4 aromatic carbocycles. The van der Waals surface area contributed by atoms with Crippen LogP contribution >= 0.6 is 0 Å². The standard InChI is InChI=1S/C32H25F4N5O6S/c1-16-38-25-15-19(9-12-27(25)40(16)2)48(46,47)41(3)26-11-7-17(13-22(26)29(37)42)20-5-4-6-21(28(20)31(44)45)30(43)39-24-10-8-18(14-23(24)33)32(34,35)36/h4-15H,1-3H3,(H2,37,42)(H,39,43)(H,44,45). The molecular formula is C32H25F4N5O6S. The van der Waals surface area contributed by atoms with Gasteiger partial charge in [0.1, 0.15) is 11.6 Å². The average Bonchev–Trinajstić information content (AvgIpc) is 3.32. The van der Waals surface area contributed by atoms with E-state index in [0.717, 1.165) is 16.4 Å². The van der Waals surface area contributed by atoms with Crippen LogP contribution in [0.2, 0.25) is 0 Å². The van der Waals surface area contributed by atoms with E-state index in [4.69, 9.17) is 5.73 Å². The first-order valence-electron chi connectivity index (χ1n) is 13.8. The Morgan fingerprint density at radius 2 is 1.69 bits per heavy atom. The van der Waals surface area contributed by atoms with E-state index in [1.165, 1.54) is 43.4 Å². The van der Waals surface area contributed by atoms with Gasteiger partial charge in [-0.15, -0.1) is 0 Å². The fourth-order valence-corrected chi connectivity index (χ4v) is 6.35. The third kappa shape index (κ3) is 6.04. The van der Waals surface area contributed by atoms with Crippen molar-refractivity contribution in [2.75, 3.05) is 16.7 Å². The number of aromatic nitrogens is 2. The molecule has 1 heterocycles. The summed E-state index contributed by atoms with van der Waals surface area (Å²) in [5.41, 5.74) is 3.29. The van der Waals surface area contributed by atoms with Crippen molar-refractivity contribution < 1.29 is 45.5 Å². The maximum atomic E-state index is 14.4. The van der Waals surface area contributed by atoms with Crippen molar-refractivity contribution in [1.29, 1.82) is 0 Å². The van der Waals surface area contributed by atoms with Gasteiger partial charge in [0.15, 0.2) is 0 Å². The zero-order chi connectivity index (χ0) is 35.3. The van der Waals surface area contributed by atoms with E-state index in [9.17, 15) is 45.5 Å². The number of hydrogen-bond acceptors (Lipinski definition) is 6. The summed E-state index contributed by atoms with van der Waals surface area (Å²) in [5, 5.41) is 12.2. The highest BCUT2D eigenvalue weighted by Crippen LogP contribution is 2.35. The summed E-state index contributed by atoms with van der Waals surface area (Å²) >= 11 is 0. The predicted molar refractivity (Wildman–Crippen MR) is 168 cm³/mol. The van der Waals surface area contributed by atoms with Crippen molar-refractivity contribution in [3.63, 3.8) is 0 Å². The van der Waals surface area contributed by atoms with E-state index in [0.29, 0.717) is 29.0 Å². The SMILES string of the molecule is Cc1nc2cc(S(=O)(=O)N(C)c3ccc(-c4cccc(C(=O)Nc5ccc(C(F)(F)F)cc5F)c4C(=O)O)cc3C(N)=O)ccc2n1C. The van der Waals surface area contributed by atoms with E-state index in [1.807, 2.05) is 0 Å². The average molecular weight is 684 g/mol. The van der Waals surface area contributed by atoms with Gasteiger partial charge in [0.2, 0.25) is 0 Å². The van der Waals surface area contributed by atoms with E-state index < -0.39 is 62.2 Å². The van der Waals surface area contributed by atoms with Gasteiger partial charge in [0.25, 0.3) is 21.8 Å². The minimum Gasteiger partial charge on any atom is -0.478 e. The smallest absolute Gasteiger partial charge is 0.416 e. The van der Waals surface area contributed by atoms with E-state index in [2.05, 4.69) is 10.3 Å². The Hall–Kier alpha value is -5.77. The number of carboxylic acids is 1. The van der Waals surface area contributed by atoms with Crippen LogP contribution in [0.1, 0.15) is 42.5 Å². The Kier molecular flexibility index (Phi) is 8.47. The highest BCUT2D eigenvalue weighted by molar-refractivity contribution is 7.92. The first-order chi connectivity index (χ1) is 22.4. The van der Waals surface area contributed by atoms with E-state index in [1.54, 1.807) is 24.6 Å². The molecule has 0 aliphatic rings. The summed E-state index contributed by atoms with van der Waals surface area (Å²) in [6, 6.07) is 13.2. The first-order valence-corrected chi connectivity index (χ1v) is 15.3. The Balaban J connectivity index is 1.53. The van der Waals surface area contributed by atoms with Gasteiger partial charge in [0, 0.05) is 14.1 Å². The van der Waals surface area contributed by atoms with Gasteiger partial charge < -0.3 is 20.7 Å². The van der Waals surface area contributed by atoms with Crippen molar-refractivity contribution >= 4 is 50.2 Å². The maximum absolute atomic E-state index is 14.4. The number of sulfonamides is 1. The molecule has 11 nitrogen and oxygen atoms in total. The molecule has 0 saturated heterocycles. The van der Waals surface area contributed by atoms with Gasteiger partial charge in [-0.2, -0.15) is 13.2 Å². The number of imidazole rings is 1. The number of alkyl halides is 3. The van der Waals surface area contributed by atoms with Crippen molar-refractivity contribution in [1.82, 2.24) is 9.55 Å². The largest absolute Gasteiger partial charge is 0.478 e. The summed E-state index contributed by atoms with van der Waals surface area (Å²) in [4.78, 5) is 42.4. The lowest BCUT2D eigenvalue weighted by atomic mass is 9.93. The molecular weight excluding hydrogens is 658 g/mol. The molecule has 4 N–H and O–H groups in total. The monoisotopic (exact) mass is 683 g/mol. The molecule has 0 spiro atoms. The Bertz CT molecular complexity index is 2270. The lowest BCUT2D eigenvalue weighted by Gasteiger charge is -2.22. The second-order valence-corrected chi connectivity index (χ2v) is 12.6. The van der Waals surface area contributed by atoms with Gasteiger partial charge in [-0.05, 0) is 72.6 Å². The number of anilines is 2. The van der Waals surface area contributed by atoms with Gasteiger partial charge >= 0.3 is 12.1 Å². The van der Waals surface area contributed by atoms with E-state index >= 15 is 0 Å². The van der Waals surface area contributed by atoms with Crippen LogP contribution in [0.4, 0.5) is 28.9 Å². The maximum Gasteiger partial charge on any atom is 0.416 e. The lowest BCUT2D eigenvalue weighted by Crippen LogP contribution is -2.29. The number of aryl methyl sites for hydroxylation is 2. The number of benzene rings is 4. The third-order valence-corrected chi connectivity index (χ3v) is 9.48. The number of rotatable bonds is 8. The molecule has 5 aromatic rings. The van der Waals surface area contributed by atoms with Crippen LogP contribution < -0.4 is 15.4 Å². The number of fused-ring (bicyclic) bond motifs is 1. The molecule has 0 aliphatic heterocycles. The Morgan fingerprint density at radius 1 is 0.979 bits per heavy atom. The molecule has 0 fully saturated rings. The van der Waals surface area contributed by atoms with Gasteiger partial charge in [-0.1, -0.05) is 18.2 Å². The fourth-order valence-electron chi connectivity index (χ4n) is 5.12. The molecule has 0 atom stereocenters. The number of carboxylic acid groups (broad SMARTS) is 1. The number of carbonyl (C=O) groups is 3. The Labute approximate surface area is 270 Å². The van der Waals surface area contributed by atoms with Crippen LogP contribution in [0.15, 0.2) is 77.7 Å². The van der Waals surface area contributed by atoms with Crippen molar-refractivity contribution in [2.45, 2.75) is 18.0 Å². The number of nitrogens with two attached hydrogens (primary N) is 1. The molecule has 48 heavy (non-hydrogen) atoms. The normalized spacial score (nSPS) is 11.8. The van der Waals surface area contributed by atoms with Crippen LogP contribution in [0, 0.1) is 12.7 Å². The fraction of sp³-hybridized carbons (Fsp3) is 0.125. The topological polar surface area (TPSA) is 165 Å². The van der Waals surface area contributed by atoms with Crippen LogP contribution in [0.3, 0.4) is 0 Å². The molecule has 5 rings (SSSR count). The van der Waals surface area contributed by atoms with Gasteiger partial charge in [-0.25, -0.2) is 22.6 Å². The van der Waals surface area contributed by atoms with Crippen LogP contribution in [0.5, 0.6) is 0 Å². The quantitative estimate of drug-likeness (QED) is 0.180. The number of nitrogens with zero attached hydrogens (tertiary/aromatic N) is 3. The third-order valence-electron chi connectivity index (χ3n) is 7.71. The van der Waals surface area contributed by atoms with Crippen molar-refractivity contribution in [3.05, 3.63) is 107 Å². The number of hydrogen-bond donors (Lipinski definition) is 3. The zero-order valence-electron chi connectivity index (χ0n) is 25.3. The predicted octanol–water partition coefficient (Wildman–Crippen LogP) is 5.58. The summed E-state index contributed by atoms with van der Waals surface area (Å²) in [6.07, 6.45) is -4.83. The molecule has 2 amide bonds. The zero-order valence-corrected chi connectivity index (χ0v) is 26.1. The molecule has 0 saturated carbocycles. The molecule has 0 bridgehead atoms. The molecule has 0 radical (unpaired) electrons. The number of nitrogens with one attached hydrogen (secondary N) is 1. The Morgan fingerprint density at radius 3 is 2.31 bits per heavy atom. The van der Waals surface area contributed by atoms with Crippen molar-refractivity contribution in [2.24, 2.45) is 12.8 Å². The summed E-state index contributed by atoms with van der Waals surface area (Å²) in [6.45, 7) is 1.76. The second kappa shape index (κ2) is 12.1. The summed E-state index contributed by atoms with van der Waals surface area (Å²) in [5.74, 6) is -4.54. The first kappa shape index (κ1) is 33.6. The van der Waals surface area contributed by atoms with E-state index in [-0.39, 0.29) is 33.3 Å². The molecule has 16 heteroatoms. The number of carbonyl (C=O) groups excluding carboxylic acids is 2. The minimum atomic E-state index is -4.83. The highest BCUT2D eigenvalue weighted by Gasteiger charge is 2.32. The van der Waals surface area contributed by atoms with Gasteiger partial charge in [0.05, 0.1) is 49.6 Å². The molecule has 248 valence electrons. The van der Waals surface area contributed by atoms with Crippen LogP contribution in [0.25, 0.3) is 22.2 Å².